The van der Waals surface area contributed by atoms with E-state index >= 15 is 0 Å². The number of nitrogens with one attached hydrogen (secondary N) is 1. The first-order chi connectivity index (χ1) is 14.2. The van der Waals surface area contributed by atoms with Crippen LogP contribution < -0.4 is 14.8 Å². The van der Waals surface area contributed by atoms with Gasteiger partial charge in [0.1, 0.15) is 17.2 Å². The van der Waals surface area contributed by atoms with Crippen molar-refractivity contribution in [2.24, 2.45) is 0 Å². The molecule has 0 saturated carbocycles. The van der Waals surface area contributed by atoms with Gasteiger partial charge in [-0.05, 0) is 36.4 Å². The summed E-state index contributed by atoms with van der Waals surface area (Å²) in [4.78, 5) is 24.3. The first-order valence-corrected chi connectivity index (χ1v) is 9.57. The van der Waals surface area contributed by atoms with Crippen LogP contribution in [0.5, 0.6) is 17.2 Å². The zero-order valence-corrected chi connectivity index (χ0v) is 16.1. The number of ketones is 1. The summed E-state index contributed by atoms with van der Waals surface area (Å²) in [5.41, 5.74) is 2.45. The van der Waals surface area contributed by atoms with E-state index in [0.29, 0.717) is 17.7 Å². The van der Waals surface area contributed by atoms with Crippen LogP contribution >= 0.6 is 0 Å². The van der Waals surface area contributed by atoms with Crippen molar-refractivity contribution in [1.82, 2.24) is 5.32 Å². The highest BCUT2D eigenvalue weighted by Crippen LogP contribution is 2.42. The van der Waals surface area contributed by atoms with E-state index < -0.39 is 0 Å². The number of para-hydroxylation sites is 2. The Kier molecular flexibility index (Phi) is 5.29. The molecule has 0 radical (unpaired) electrons. The molecule has 4 rings (SSSR count). The maximum atomic E-state index is 12.6. The van der Waals surface area contributed by atoms with Crippen LogP contribution in [0.3, 0.4) is 0 Å². The Labute approximate surface area is 169 Å². The van der Waals surface area contributed by atoms with E-state index in [2.05, 4.69) is 5.32 Å². The maximum absolute atomic E-state index is 12.6. The number of hydrogen-bond donors (Lipinski definition) is 1. The molecule has 146 valence electrons. The van der Waals surface area contributed by atoms with Gasteiger partial charge < -0.3 is 14.8 Å². The van der Waals surface area contributed by atoms with Crippen molar-refractivity contribution in [3.63, 3.8) is 0 Å². The van der Waals surface area contributed by atoms with Crippen LogP contribution in [0.4, 0.5) is 0 Å². The lowest BCUT2D eigenvalue weighted by atomic mass is 9.94. The molecule has 0 spiro atoms. The van der Waals surface area contributed by atoms with E-state index in [0.717, 1.165) is 22.6 Å². The molecule has 0 fully saturated rings. The Hall–Kier alpha value is -3.60. The van der Waals surface area contributed by atoms with Gasteiger partial charge in [-0.25, -0.2) is 0 Å². The normalized spacial score (nSPS) is 12.3. The molecule has 1 heterocycles. The standard InChI is InChI=1S/C24H21NO4/c1-2-20(26)16-11-13-17(14-12-16)28-15-23(27)25-24-18-7-3-5-9-21(18)29-22-10-6-4-8-19(22)24/h3-14,24H,2,15H2,1H3,(H,25,27). The van der Waals surface area contributed by atoms with E-state index in [1.807, 2.05) is 55.5 Å². The molecule has 3 aromatic rings. The monoisotopic (exact) mass is 387 g/mol. The van der Waals surface area contributed by atoms with Gasteiger partial charge in [-0.15, -0.1) is 0 Å². The molecule has 5 nitrogen and oxygen atoms in total. The molecular weight excluding hydrogens is 366 g/mol. The zero-order chi connectivity index (χ0) is 20.2. The topological polar surface area (TPSA) is 64.6 Å². The van der Waals surface area contributed by atoms with Gasteiger partial charge in [-0.3, -0.25) is 9.59 Å². The summed E-state index contributed by atoms with van der Waals surface area (Å²) in [6, 6.07) is 21.8. The van der Waals surface area contributed by atoms with Crippen molar-refractivity contribution in [1.29, 1.82) is 0 Å². The summed E-state index contributed by atoms with van der Waals surface area (Å²) < 4.78 is 11.5. The molecule has 1 aliphatic heterocycles. The van der Waals surface area contributed by atoms with Crippen molar-refractivity contribution in [3.05, 3.63) is 89.5 Å². The second kappa shape index (κ2) is 8.19. The SMILES string of the molecule is CCC(=O)c1ccc(OCC(=O)NC2c3ccccc3Oc3ccccc32)cc1. The number of carbonyl (C=O) groups is 2. The molecule has 0 saturated heterocycles. The summed E-state index contributed by atoms with van der Waals surface area (Å²) in [5.74, 6) is 1.84. The van der Waals surface area contributed by atoms with Crippen LogP contribution in [0.2, 0.25) is 0 Å². The maximum Gasteiger partial charge on any atom is 0.258 e. The highest BCUT2D eigenvalue weighted by atomic mass is 16.5. The largest absolute Gasteiger partial charge is 0.484 e. The third kappa shape index (κ3) is 3.99. The minimum Gasteiger partial charge on any atom is -0.484 e. The van der Waals surface area contributed by atoms with Gasteiger partial charge in [0.2, 0.25) is 0 Å². The average molecular weight is 387 g/mol. The molecule has 5 heteroatoms. The van der Waals surface area contributed by atoms with Crippen LogP contribution in [0.15, 0.2) is 72.8 Å². The Morgan fingerprint density at radius 2 is 1.48 bits per heavy atom. The molecule has 0 aromatic heterocycles. The number of Topliss-reactive ketones (excluding diaryl/α,β-unsaturated/α-hetero) is 1. The van der Waals surface area contributed by atoms with Crippen LogP contribution in [0.1, 0.15) is 40.9 Å². The first-order valence-electron chi connectivity index (χ1n) is 9.57. The summed E-state index contributed by atoms with van der Waals surface area (Å²) in [6.07, 6.45) is 0.455. The average Bonchev–Trinajstić information content (AvgIpc) is 2.77. The molecule has 0 aliphatic carbocycles. The van der Waals surface area contributed by atoms with Crippen molar-refractivity contribution in [2.45, 2.75) is 19.4 Å². The van der Waals surface area contributed by atoms with Crippen LogP contribution in [0, 0.1) is 0 Å². The smallest absolute Gasteiger partial charge is 0.258 e. The highest BCUT2D eigenvalue weighted by Gasteiger charge is 2.28. The van der Waals surface area contributed by atoms with Crippen molar-refractivity contribution < 1.29 is 19.1 Å². The van der Waals surface area contributed by atoms with Gasteiger partial charge in [0.05, 0.1) is 6.04 Å². The molecule has 0 unspecified atom stereocenters. The fourth-order valence-electron chi connectivity index (χ4n) is 3.36. The van der Waals surface area contributed by atoms with Gasteiger partial charge in [-0.1, -0.05) is 43.3 Å². The number of amides is 1. The zero-order valence-electron chi connectivity index (χ0n) is 16.1. The van der Waals surface area contributed by atoms with E-state index in [4.69, 9.17) is 9.47 Å². The summed E-state index contributed by atoms with van der Waals surface area (Å²) in [6.45, 7) is 1.70. The lowest BCUT2D eigenvalue weighted by Crippen LogP contribution is -2.34. The highest BCUT2D eigenvalue weighted by molar-refractivity contribution is 5.95. The lowest BCUT2D eigenvalue weighted by molar-refractivity contribution is -0.123. The van der Waals surface area contributed by atoms with Gasteiger partial charge >= 0.3 is 0 Å². The van der Waals surface area contributed by atoms with Crippen LogP contribution in [0.25, 0.3) is 0 Å². The van der Waals surface area contributed by atoms with Gasteiger partial charge in [0.25, 0.3) is 5.91 Å². The Balaban J connectivity index is 1.46. The van der Waals surface area contributed by atoms with E-state index in [-0.39, 0.29) is 24.3 Å². The second-order valence-corrected chi connectivity index (χ2v) is 6.77. The molecule has 0 bridgehead atoms. The van der Waals surface area contributed by atoms with Gasteiger partial charge in [0.15, 0.2) is 12.4 Å². The minimum absolute atomic E-state index is 0.0751. The first kappa shape index (κ1) is 18.7. The second-order valence-electron chi connectivity index (χ2n) is 6.77. The predicted molar refractivity (Wildman–Crippen MR) is 110 cm³/mol. The summed E-state index contributed by atoms with van der Waals surface area (Å²) in [7, 11) is 0. The Bertz CT molecular complexity index is 997. The molecular formula is C24H21NO4. The molecule has 1 aliphatic rings. The molecule has 29 heavy (non-hydrogen) atoms. The fourth-order valence-corrected chi connectivity index (χ4v) is 3.36. The van der Waals surface area contributed by atoms with Crippen molar-refractivity contribution in [2.75, 3.05) is 6.61 Å². The third-order valence-electron chi connectivity index (χ3n) is 4.85. The summed E-state index contributed by atoms with van der Waals surface area (Å²) in [5, 5.41) is 3.04. The molecule has 1 amide bonds. The predicted octanol–water partition coefficient (Wildman–Crippen LogP) is 4.67. The number of carbonyl (C=O) groups excluding carboxylic acids is 2. The van der Waals surface area contributed by atoms with Crippen molar-refractivity contribution >= 4 is 11.7 Å². The van der Waals surface area contributed by atoms with Gasteiger partial charge in [0, 0.05) is 23.1 Å². The summed E-state index contributed by atoms with van der Waals surface area (Å²) >= 11 is 0. The number of rotatable bonds is 6. The number of benzene rings is 3. The van der Waals surface area contributed by atoms with E-state index in [9.17, 15) is 9.59 Å². The fraction of sp³-hybridized carbons (Fsp3) is 0.167. The van der Waals surface area contributed by atoms with Crippen molar-refractivity contribution in [3.8, 4) is 17.2 Å². The number of ether oxygens (including phenoxy) is 2. The quantitative estimate of drug-likeness (QED) is 0.624. The molecule has 3 aromatic carbocycles. The number of hydrogen-bond acceptors (Lipinski definition) is 4. The Morgan fingerprint density at radius 1 is 0.897 bits per heavy atom. The molecule has 0 atom stereocenters. The van der Waals surface area contributed by atoms with Crippen LogP contribution in [-0.2, 0) is 4.79 Å². The van der Waals surface area contributed by atoms with E-state index in [1.165, 1.54) is 0 Å². The van der Waals surface area contributed by atoms with Gasteiger partial charge in [-0.2, -0.15) is 0 Å². The Morgan fingerprint density at radius 3 is 2.07 bits per heavy atom. The lowest BCUT2D eigenvalue weighted by Gasteiger charge is -2.28. The van der Waals surface area contributed by atoms with E-state index in [1.54, 1.807) is 24.3 Å². The number of fused-ring (bicyclic) bond motifs is 2. The molecule has 1 N–H and O–H groups in total. The van der Waals surface area contributed by atoms with Crippen LogP contribution in [-0.4, -0.2) is 18.3 Å². The minimum atomic E-state index is -0.309. The third-order valence-corrected chi connectivity index (χ3v) is 4.85.